The van der Waals surface area contributed by atoms with Gasteiger partial charge in [-0.25, -0.2) is 0 Å². The molecule has 1 aliphatic rings. The van der Waals surface area contributed by atoms with Gasteiger partial charge in [-0.15, -0.1) is 0 Å². The lowest BCUT2D eigenvalue weighted by atomic mass is 10.1. The maximum Gasteiger partial charge on any atom is 0.251 e. The summed E-state index contributed by atoms with van der Waals surface area (Å²) in [6, 6.07) is 13.5. The molecule has 0 aromatic heterocycles. The number of rotatable bonds is 4. The fraction of sp³-hybridized carbons (Fsp3) is 0.278. The molecule has 2 N–H and O–H groups in total. The molecule has 2 aromatic carbocycles. The van der Waals surface area contributed by atoms with Crippen molar-refractivity contribution >= 4 is 11.6 Å². The first kappa shape index (κ1) is 14.4. The molecule has 22 heavy (non-hydrogen) atoms. The predicted octanol–water partition coefficient (Wildman–Crippen LogP) is 3.15. The third-order valence-corrected chi connectivity index (χ3v) is 4.02. The molecular formula is C18H20N2O2. The molecule has 0 bridgehead atoms. The lowest BCUT2D eigenvalue weighted by Gasteiger charge is -2.15. The van der Waals surface area contributed by atoms with Crippen LogP contribution in [0.5, 0.6) is 5.75 Å². The summed E-state index contributed by atoms with van der Waals surface area (Å²) in [7, 11) is 1.64. The van der Waals surface area contributed by atoms with Crippen molar-refractivity contribution in [3.05, 3.63) is 59.2 Å². The first-order valence-electron chi connectivity index (χ1n) is 7.49. The zero-order chi connectivity index (χ0) is 15.5. The summed E-state index contributed by atoms with van der Waals surface area (Å²) in [5, 5.41) is 6.34. The fourth-order valence-corrected chi connectivity index (χ4v) is 2.72. The number of nitrogens with one attached hydrogen (secondary N) is 2. The van der Waals surface area contributed by atoms with Gasteiger partial charge in [-0.2, -0.15) is 0 Å². The number of hydrogen-bond acceptors (Lipinski definition) is 3. The van der Waals surface area contributed by atoms with E-state index in [1.807, 2.05) is 49.4 Å². The topological polar surface area (TPSA) is 50.4 Å². The Hall–Kier alpha value is -2.49. The van der Waals surface area contributed by atoms with E-state index in [1.165, 1.54) is 5.56 Å². The number of carbonyl (C=O) groups excluding carboxylic acids is 1. The summed E-state index contributed by atoms with van der Waals surface area (Å²) in [5.41, 5.74) is 4.08. The standard InChI is InChI=1S/C18H20N2O2/c1-12(13-4-3-5-16(11-13)22-2)20-18(21)15-6-7-17-14(10-15)8-9-19-17/h3-7,10-12,19H,8-9H2,1-2H3,(H,20,21). The minimum Gasteiger partial charge on any atom is -0.497 e. The van der Waals surface area contributed by atoms with Gasteiger partial charge in [0.25, 0.3) is 5.91 Å². The third-order valence-electron chi connectivity index (χ3n) is 4.02. The van der Waals surface area contributed by atoms with Gasteiger partial charge in [-0.3, -0.25) is 4.79 Å². The molecule has 0 spiro atoms. The monoisotopic (exact) mass is 296 g/mol. The summed E-state index contributed by atoms with van der Waals surface area (Å²) < 4.78 is 5.23. The second-order valence-electron chi connectivity index (χ2n) is 5.52. The van der Waals surface area contributed by atoms with E-state index in [2.05, 4.69) is 10.6 Å². The van der Waals surface area contributed by atoms with Crippen LogP contribution in [0.25, 0.3) is 0 Å². The molecule has 4 heteroatoms. The van der Waals surface area contributed by atoms with Crippen LogP contribution < -0.4 is 15.4 Å². The zero-order valence-electron chi connectivity index (χ0n) is 12.8. The van der Waals surface area contributed by atoms with Gasteiger partial charge >= 0.3 is 0 Å². The smallest absolute Gasteiger partial charge is 0.251 e. The van der Waals surface area contributed by atoms with Crippen LogP contribution in [0.4, 0.5) is 5.69 Å². The summed E-state index contributed by atoms with van der Waals surface area (Å²) in [4.78, 5) is 12.4. The number of carbonyl (C=O) groups is 1. The van der Waals surface area contributed by atoms with Gasteiger partial charge in [0.15, 0.2) is 0 Å². The highest BCUT2D eigenvalue weighted by Gasteiger charge is 2.15. The van der Waals surface area contributed by atoms with Gasteiger partial charge in [0.2, 0.25) is 0 Å². The van der Waals surface area contributed by atoms with E-state index in [1.54, 1.807) is 7.11 Å². The van der Waals surface area contributed by atoms with Crippen molar-refractivity contribution in [2.24, 2.45) is 0 Å². The van der Waals surface area contributed by atoms with Gasteiger partial charge in [0.1, 0.15) is 5.75 Å². The highest BCUT2D eigenvalue weighted by molar-refractivity contribution is 5.95. The Morgan fingerprint density at radius 1 is 1.27 bits per heavy atom. The predicted molar refractivity (Wildman–Crippen MR) is 87.5 cm³/mol. The molecule has 0 aliphatic carbocycles. The Morgan fingerprint density at radius 2 is 2.14 bits per heavy atom. The minimum absolute atomic E-state index is 0.0509. The van der Waals surface area contributed by atoms with Gasteiger partial charge in [0.05, 0.1) is 13.2 Å². The van der Waals surface area contributed by atoms with Crippen molar-refractivity contribution in [1.82, 2.24) is 5.32 Å². The van der Waals surface area contributed by atoms with Crippen LogP contribution in [0, 0.1) is 0 Å². The molecule has 0 fully saturated rings. The normalized spacial score (nSPS) is 13.9. The largest absolute Gasteiger partial charge is 0.497 e. The highest BCUT2D eigenvalue weighted by atomic mass is 16.5. The molecule has 1 aliphatic heterocycles. The molecule has 0 radical (unpaired) electrons. The first-order valence-corrected chi connectivity index (χ1v) is 7.49. The lowest BCUT2D eigenvalue weighted by molar-refractivity contribution is 0.0940. The van der Waals surface area contributed by atoms with E-state index in [4.69, 9.17) is 4.74 Å². The molecule has 1 amide bonds. The van der Waals surface area contributed by atoms with Gasteiger partial charge in [-0.05, 0) is 54.8 Å². The van der Waals surface area contributed by atoms with E-state index >= 15 is 0 Å². The third kappa shape index (κ3) is 2.91. The maximum absolute atomic E-state index is 12.4. The van der Waals surface area contributed by atoms with Crippen LogP contribution in [0.2, 0.25) is 0 Å². The molecule has 0 saturated carbocycles. The second kappa shape index (κ2) is 6.10. The Kier molecular flexibility index (Phi) is 4.00. The molecule has 2 aromatic rings. The van der Waals surface area contributed by atoms with Gasteiger partial charge in [0, 0.05) is 17.8 Å². The number of anilines is 1. The van der Waals surface area contributed by atoms with Crippen molar-refractivity contribution in [3.8, 4) is 5.75 Å². The summed E-state index contributed by atoms with van der Waals surface area (Å²) in [5.74, 6) is 0.743. The summed E-state index contributed by atoms with van der Waals surface area (Å²) in [6.07, 6.45) is 0.974. The molecule has 4 nitrogen and oxygen atoms in total. The molecule has 3 rings (SSSR count). The fourth-order valence-electron chi connectivity index (χ4n) is 2.72. The van der Waals surface area contributed by atoms with E-state index in [-0.39, 0.29) is 11.9 Å². The van der Waals surface area contributed by atoms with Crippen molar-refractivity contribution in [2.45, 2.75) is 19.4 Å². The lowest BCUT2D eigenvalue weighted by Crippen LogP contribution is -2.26. The van der Waals surface area contributed by atoms with Crippen molar-refractivity contribution in [3.63, 3.8) is 0 Å². The van der Waals surface area contributed by atoms with Gasteiger partial charge < -0.3 is 15.4 Å². The van der Waals surface area contributed by atoms with Crippen LogP contribution in [-0.4, -0.2) is 19.6 Å². The van der Waals surface area contributed by atoms with Crippen LogP contribution in [-0.2, 0) is 6.42 Å². The molecule has 114 valence electrons. The number of ether oxygens (including phenoxy) is 1. The Balaban J connectivity index is 1.73. The number of amides is 1. The maximum atomic E-state index is 12.4. The number of benzene rings is 2. The number of methoxy groups -OCH3 is 1. The van der Waals surface area contributed by atoms with Crippen LogP contribution >= 0.6 is 0 Å². The molecule has 1 unspecified atom stereocenters. The van der Waals surface area contributed by atoms with E-state index in [9.17, 15) is 4.79 Å². The number of fused-ring (bicyclic) bond motifs is 1. The average molecular weight is 296 g/mol. The van der Waals surface area contributed by atoms with E-state index in [0.29, 0.717) is 5.56 Å². The van der Waals surface area contributed by atoms with Crippen molar-refractivity contribution in [2.75, 3.05) is 19.0 Å². The minimum atomic E-state index is -0.0750. The second-order valence-corrected chi connectivity index (χ2v) is 5.52. The highest BCUT2D eigenvalue weighted by Crippen LogP contribution is 2.24. The SMILES string of the molecule is COc1cccc(C(C)NC(=O)c2ccc3c(c2)CCN3)c1. The van der Waals surface area contributed by atoms with Crippen LogP contribution in [0.1, 0.15) is 34.5 Å². The molecule has 1 atom stereocenters. The van der Waals surface area contributed by atoms with Gasteiger partial charge in [-0.1, -0.05) is 12.1 Å². The quantitative estimate of drug-likeness (QED) is 0.911. The first-order chi connectivity index (χ1) is 10.7. The molecular weight excluding hydrogens is 276 g/mol. The summed E-state index contributed by atoms with van der Waals surface area (Å²) in [6.45, 7) is 2.92. The van der Waals surface area contributed by atoms with E-state index in [0.717, 1.165) is 30.0 Å². The van der Waals surface area contributed by atoms with Crippen LogP contribution in [0.15, 0.2) is 42.5 Å². The Morgan fingerprint density at radius 3 is 2.95 bits per heavy atom. The zero-order valence-corrected chi connectivity index (χ0v) is 12.8. The summed E-state index contributed by atoms with van der Waals surface area (Å²) >= 11 is 0. The van der Waals surface area contributed by atoms with E-state index < -0.39 is 0 Å². The molecule has 1 heterocycles. The van der Waals surface area contributed by atoms with Crippen LogP contribution in [0.3, 0.4) is 0 Å². The van der Waals surface area contributed by atoms with Crippen molar-refractivity contribution in [1.29, 1.82) is 0 Å². The Bertz CT molecular complexity index is 697. The van der Waals surface area contributed by atoms with Crippen molar-refractivity contribution < 1.29 is 9.53 Å². The Labute approximate surface area is 130 Å². The average Bonchev–Trinajstić information content (AvgIpc) is 3.02. The number of hydrogen-bond donors (Lipinski definition) is 2. The molecule has 0 saturated heterocycles.